The van der Waals surface area contributed by atoms with Gasteiger partial charge in [-0.1, -0.05) is 23.7 Å². The second-order valence-corrected chi connectivity index (χ2v) is 8.86. The van der Waals surface area contributed by atoms with Gasteiger partial charge in [0.05, 0.1) is 4.90 Å². The fourth-order valence-electron chi connectivity index (χ4n) is 3.02. The van der Waals surface area contributed by atoms with Gasteiger partial charge in [0.2, 0.25) is 15.9 Å². The SMILES string of the molecule is O=C(CCc1ccc(Cl)cc1)N1CCN(S(=O)(=O)c2ccc(F)c(F)c2)CC1. The minimum absolute atomic E-state index is 0.0557. The third-order valence-corrected chi connectivity index (χ3v) is 6.81. The lowest BCUT2D eigenvalue weighted by atomic mass is 10.1. The molecule has 0 N–H and O–H groups in total. The van der Waals surface area contributed by atoms with Crippen molar-refractivity contribution in [2.24, 2.45) is 0 Å². The van der Waals surface area contributed by atoms with E-state index in [1.54, 1.807) is 17.0 Å². The molecule has 2 aromatic carbocycles. The maximum atomic E-state index is 13.4. The molecule has 3 rings (SSSR count). The summed E-state index contributed by atoms with van der Waals surface area (Å²) in [5, 5.41) is 0.633. The molecule has 5 nitrogen and oxygen atoms in total. The minimum atomic E-state index is -3.93. The van der Waals surface area contributed by atoms with E-state index >= 15 is 0 Å². The summed E-state index contributed by atoms with van der Waals surface area (Å²) < 4.78 is 52.8. The number of benzene rings is 2. The van der Waals surface area contributed by atoms with Crippen LogP contribution in [0.2, 0.25) is 5.02 Å². The van der Waals surface area contributed by atoms with Crippen LogP contribution in [-0.2, 0) is 21.2 Å². The molecule has 1 amide bonds. The zero-order valence-electron chi connectivity index (χ0n) is 14.9. The number of piperazine rings is 1. The van der Waals surface area contributed by atoms with Crippen molar-refractivity contribution >= 4 is 27.5 Å². The topological polar surface area (TPSA) is 57.7 Å². The van der Waals surface area contributed by atoms with Crippen LogP contribution < -0.4 is 0 Å². The quantitative estimate of drug-likeness (QED) is 0.735. The summed E-state index contributed by atoms with van der Waals surface area (Å²) in [4.78, 5) is 13.7. The first-order valence-corrected chi connectivity index (χ1v) is 10.6. The highest BCUT2D eigenvalue weighted by molar-refractivity contribution is 7.89. The zero-order valence-corrected chi connectivity index (χ0v) is 16.5. The lowest BCUT2D eigenvalue weighted by Crippen LogP contribution is -2.50. The van der Waals surface area contributed by atoms with Crippen molar-refractivity contribution in [3.05, 3.63) is 64.7 Å². The molecule has 0 spiro atoms. The molecule has 0 radical (unpaired) electrons. The van der Waals surface area contributed by atoms with E-state index in [1.807, 2.05) is 12.1 Å². The van der Waals surface area contributed by atoms with Crippen molar-refractivity contribution < 1.29 is 22.0 Å². The minimum Gasteiger partial charge on any atom is -0.340 e. The first-order chi connectivity index (χ1) is 13.3. The Balaban J connectivity index is 1.56. The van der Waals surface area contributed by atoms with Crippen LogP contribution in [0.1, 0.15) is 12.0 Å². The molecule has 2 aromatic rings. The van der Waals surface area contributed by atoms with Crippen molar-refractivity contribution in [1.29, 1.82) is 0 Å². The number of hydrogen-bond acceptors (Lipinski definition) is 3. The molecule has 0 atom stereocenters. The van der Waals surface area contributed by atoms with Crippen LogP contribution in [0.5, 0.6) is 0 Å². The van der Waals surface area contributed by atoms with Crippen LogP contribution in [0.25, 0.3) is 0 Å². The molecule has 1 aliphatic rings. The molecule has 1 aliphatic heterocycles. The highest BCUT2D eigenvalue weighted by atomic mass is 35.5. The summed E-state index contributed by atoms with van der Waals surface area (Å²) in [6, 6.07) is 9.76. The van der Waals surface area contributed by atoms with Crippen LogP contribution in [0.3, 0.4) is 0 Å². The van der Waals surface area contributed by atoms with Crippen molar-refractivity contribution in [2.75, 3.05) is 26.2 Å². The number of rotatable bonds is 5. The van der Waals surface area contributed by atoms with Gasteiger partial charge in [0, 0.05) is 37.6 Å². The average Bonchev–Trinajstić information content (AvgIpc) is 2.69. The molecule has 0 aliphatic carbocycles. The Hall–Kier alpha value is -2.03. The molecule has 0 bridgehead atoms. The van der Waals surface area contributed by atoms with E-state index in [-0.39, 0.29) is 37.0 Å². The smallest absolute Gasteiger partial charge is 0.243 e. The van der Waals surface area contributed by atoms with Gasteiger partial charge in [-0.3, -0.25) is 4.79 Å². The first-order valence-electron chi connectivity index (χ1n) is 8.75. The Kier molecular flexibility index (Phi) is 6.32. The van der Waals surface area contributed by atoms with E-state index in [0.717, 1.165) is 17.7 Å². The standard InChI is InChI=1S/C19H19ClF2N2O3S/c20-15-4-1-14(2-5-15)3-8-19(25)23-9-11-24(12-10-23)28(26,27)16-6-7-17(21)18(22)13-16/h1-2,4-7,13H,3,8-12H2. The summed E-state index contributed by atoms with van der Waals surface area (Å²) in [5.41, 5.74) is 0.998. The van der Waals surface area contributed by atoms with Gasteiger partial charge in [0.25, 0.3) is 0 Å². The van der Waals surface area contributed by atoms with E-state index in [4.69, 9.17) is 11.6 Å². The molecule has 28 heavy (non-hydrogen) atoms. The molecule has 0 unspecified atom stereocenters. The number of nitrogens with zero attached hydrogens (tertiary/aromatic N) is 2. The Morgan fingerprint density at radius 1 is 0.964 bits per heavy atom. The van der Waals surface area contributed by atoms with Gasteiger partial charge in [0.15, 0.2) is 11.6 Å². The number of carbonyl (C=O) groups excluding carboxylic acids is 1. The van der Waals surface area contributed by atoms with Gasteiger partial charge in [-0.05, 0) is 42.3 Å². The molecular formula is C19H19ClF2N2O3S. The number of sulfonamides is 1. The van der Waals surface area contributed by atoms with Crippen molar-refractivity contribution in [2.45, 2.75) is 17.7 Å². The monoisotopic (exact) mass is 428 g/mol. The van der Waals surface area contributed by atoms with E-state index < -0.39 is 21.7 Å². The summed E-state index contributed by atoms with van der Waals surface area (Å²) in [6.07, 6.45) is 0.890. The zero-order chi connectivity index (χ0) is 20.3. The van der Waals surface area contributed by atoms with Crippen molar-refractivity contribution in [3.8, 4) is 0 Å². The molecule has 0 saturated carbocycles. The van der Waals surface area contributed by atoms with Crippen LogP contribution >= 0.6 is 11.6 Å². The van der Waals surface area contributed by atoms with Crippen LogP contribution in [-0.4, -0.2) is 49.7 Å². The molecule has 0 aromatic heterocycles. The molecule has 1 heterocycles. The predicted octanol–water partition coefficient (Wildman–Crippen LogP) is 3.08. The molecular weight excluding hydrogens is 410 g/mol. The number of amides is 1. The lowest BCUT2D eigenvalue weighted by Gasteiger charge is -2.34. The lowest BCUT2D eigenvalue weighted by molar-refractivity contribution is -0.132. The molecule has 9 heteroatoms. The predicted molar refractivity (Wildman–Crippen MR) is 101 cm³/mol. The Labute approximate surface area is 167 Å². The van der Waals surface area contributed by atoms with Crippen LogP contribution in [0.4, 0.5) is 8.78 Å². The summed E-state index contributed by atoms with van der Waals surface area (Å²) >= 11 is 5.84. The second kappa shape index (κ2) is 8.55. The van der Waals surface area contributed by atoms with Gasteiger partial charge in [-0.15, -0.1) is 0 Å². The van der Waals surface area contributed by atoms with E-state index in [9.17, 15) is 22.0 Å². The van der Waals surface area contributed by atoms with Crippen LogP contribution in [0, 0.1) is 11.6 Å². The van der Waals surface area contributed by atoms with Gasteiger partial charge >= 0.3 is 0 Å². The third-order valence-electron chi connectivity index (χ3n) is 4.66. The summed E-state index contributed by atoms with van der Waals surface area (Å²) in [5.74, 6) is -2.37. The highest BCUT2D eigenvalue weighted by Crippen LogP contribution is 2.20. The molecule has 150 valence electrons. The Bertz CT molecular complexity index is 960. The maximum Gasteiger partial charge on any atom is 0.243 e. The van der Waals surface area contributed by atoms with E-state index in [1.165, 1.54) is 4.31 Å². The largest absolute Gasteiger partial charge is 0.340 e. The van der Waals surface area contributed by atoms with Crippen molar-refractivity contribution in [3.63, 3.8) is 0 Å². The molecule has 1 saturated heterocycles. The number of aryl methyl sites for hydroxylation is 1. The van der Waals surface area contributed by atoms with E-state index in [0.29, 0.717) is 23.9 Å². The number of halogens is 3. The number of hydrogen-bond donors (Lipinski definition) is 0. The van der Waals surface area contributed by atoms with Crippen LogP contribution in [0.15, 0.2) is 47.4 Å². The highest BCUT2D eigenvalue weighted by Gasteiger charge is 2.30. The Morgan fingerprint density at radius 2 is 1.61 bits per heavy atom. The first kappa shape index (κ1) is 20.7. The molecule has 1 fully saturated rings. The third kappa shape index (κ3) is 4.68. The average molecular weight is 429 g/mol. The Morgan fingerprint density at radius 3 is 2.21 bits per heavy atom. The summed E-state index contributed by atoms with van der Waals surface area (Å²) in [6.45, 7) is 0.715. The van der Waals surface area contributed by atoms with Gasteiger partial charge in [-0.2, -0.15) is 4.31 Å². The number of carbonyl (C=O) groups is 1. The summed E-state index contributed by atoms with van der Waals surface area (Å²) in [7, 11) is -3.93. The fraction of sp³-hybridized carbons (Fsp3) is 0.316. The fourth-order valence-corrected chi connectivity index (χ4v) is 4.59. The second-order valence-electron chi connectivity index (χ2n) is 6.49. The van der Waals surface area contributed by atoms with Crippen molar-refractivity contribution in [1.82, 2.24) is 9.21 Å². The van der Waals surface area contributed by atoms with Gasteiger partial charge in [-0.25, -0.2) is 17.2 Å². The normalized spacial score (nSPS) is 15.6. The maximum absolute atomic E-state index is 13.4. The van der Waals surface area contributed by atoms with E-state index in [2.05, 4.69) is 0 Å². The van der Waals surface area contributed by atoms with Gasteiger partial charge in [0.1, 0.15) is 0 Å². The van der Waals surface area contributed by atoms with Gasteiger partial charge < -0.3 is 4.90 Å².